The zero-order chi connectivity index (χ0) is 25.5. The fourth-order valence-corrected chi connectivity index (χ4v) is 3.10. The normalized spacial score (nSPS) is 10.9. The van der Waals surface area contributed by atoms with E-state index in [2.05, 4.69) is 15.8 Å². The van der Waals surface area contributed by atoms with Crippen molar-refractivity contribution in [3.05, 3.63) is 87.9 Å². The van der Waals surface area contributed by atoms with Crippen LogP contribution in [0.15, 0.2) is 65.8 Å². The molecule has 0 aromatic heterocycles. The van der Waals surface area contributed by atoms with Crippen LogP contribution in [0.5, 0.6) is 11.5 Å². The standard InChI is InChI=1S/C26H24ClN3O5/c1-15-5-11-21(13-16(15)2)28-24(31)25(32)30-29-17(3)19-8-12-22(23(14-19)34-4)35-26(33)18-6-9-20(27)10-7-18/h5-14H,1-4H3,(H,28,31)(H,30,32)/b29-17+. The van der Waals surface area contributed by atoms with Gasteiger partial charge in [0.1, 0.15) is 0 Å². The van der Waals surface area contributed by atoms with Gasteiger partial charge in [-0.1, -0.05) is 17.7 Å². The van der Waals surface area contributed by atoms with Crippen LogP contribution >= 0.6 is 11.6 Å². The molecule has 8 nitrogen and oxygen atoms in total. The summed E-state index contributed by atoms with van der Waals surface area (Å²) in [6, 6.07) is 16.5. The maximum Gasteiger partial charge on any atom is 0.343 e. The van der Waals surface area contributed by atoms with Crippen LogP contribution in [-0.4, -0.2) is 30.6 Å². The predicted octanol–water partition coefficient (Wildman–Crippen LogP) is 4.66. The molecule has 0 aliphatic rings. The highest BCUT2D eigenvalue weighted by molar-refractivity contribution is 6.39. The molecular weight excluding hydrogens is 470 g/mol. The highest BCUT2D eigenvalue weighted by Gasteiger charge is 2.16. The Morgan fingerprint density at radius 3 is 2.17 bits per heavy atom. The molecule has 2 N–H and O–H groups in total. The van der Waals surface area contributed by atoms with Crippen molar-refractivity contribution >= 4 is 40.8 Å². The van der Waals surface area contributed by atoms with Gasteiger partial charge in [0.2, 0.25) is 0 Å². The summed E-state index contributed by atoms with van der Waals surface area (Å²) in [5.41, 5.74) is 6.15. The van der Waals surface area contributed by atoms with E-state index in [0.717, 1.165) is 11.1 Å². The van der Waals surface area contributed by atoms with E-state index >= 15 is 0 Å². The van der Waals surface area contributed by atoms with Crippen LogP contribution in [0.2, 0.25) is 5.02 Å². The highest BCUT2D eigenvalue weighted by Crippen LogP contribution is 2.29. The Hall–Kier alpha value is -4.17. The van der Waals surface area contributed by atoms with Gasteiger partial charge in [-0.05, 0) is 86.5 Å². The van der Waals surface area contributed by atoms with Gasteiger partial charge in [0.05, 0.1) is 18.4 Å². The number of nitrogens with zero attached hydrogens (tertiary/aromatic N) is 1. The first-order valence-corrected chi connectivity index (χ1v) is 10.9. The number of hydrazone groups is 1. The van der Waals surface area contributed by atoms with E-state index in [9.17, 15) is 14.4 Å². The molecule has 3 aromatic rings. The Morgan fingerprint density at radius 1 is 0.829 bits per heavy atom. The topological polar surface area (TPSA) is 106 Å². The molecule has 0 aliphatic heterocycles. The molecule has 0 unspecified atom stereocenters. The molecule has 0 radical (unpaired) electrons. The number of hydrogen-bond acceptors (Lipinski definition) is 6. The molecule has 0 aliphatic carbocycles. The second-order valence-corrected chi connectivity index (χ2v) is 8.09. The van der Waals surface area contributed by atoms with Crippen molar-refractivity contribution in [1.29, 1.82) is 0 Å². The average Bonchev–Trinajstić information content (AvgIpc) is 2.85. The van der Waals surface area contributed by atoms with Crippen LogP contribution in [0.25, 0.3) is 0 Å². The van der Waals surface area contributed by atoms with Crippen molar-refractivity contribution in [2.24, 2.45) is 5.10 Å². The smallest absolute Gasteiger partial charge is 0.343 e. The molecule has 0 spiro atoms. The van der Waals surface area contributed by atoms with Gasteiger partial charge in [-0.15, -0.1) is 0 Å². The predicted molar refractivity (Wildman–Crippen MR) is 134 cm³/mol. The molecule has 180 valence electrons. The van der Waals surface area contributed by atoms with Crippen molar-refractivity contribution in [1.82, 2.24) is 5.43 Å². The molecule has 0 saturated carbocycles. The van der Waals surface area contributed by atoms with Crippen molar-refractivity contribution in [3.8, 4) is 11.5 Å². The molecule has 0 bridgehead atoms. The molecule has 3 aromatic carbocycles. The zero-order valence-corrected chi connectivity index (χ0v) is 20.4. The number of esters is 1. The first-order chi connectivity index (χ1) is 16.7. The number of amides is 2. The molecule has 0 atom stereocenters. The second-order valence-electron chi connectivity index (χ2n) is 7.65. The van der Waals surface area contributed by atoms with Crippen LogP contribution < -0.4 is 20.2 Å². The average molecular weight is 494 g/mol. The summed E-state index contributed by atoms with van der Waals surface area (Å²) in [7, 11) is 1.43. The van der Waals surface area contributed by atoms with Crippen LogP contribution in [0.1, 0.15) is 34.0 Å². The molecular formula is C26H24ClN3O5. The maximum absolute atomic E-state index is 12.4. The van der Waals surface area contributed by atoms with Crippen LogP contribution in [0.3, 0.4) is 0 Å². The third-order valence-electron chi connectivity index (χ3n) is 5.16. The second kappa shape index (κ2) is 11.3. The van der Waals surface area contributed by atoms with Gasteiger partial charge in [-0.3, -0.25) is 9.59 Å². The molecule has 9 heteroatoms. The molecule has 0 heterocycles. The van der Waals surface area contributed by atoms with E-state index in [1.165, 1.54) is 7.11 Å². The van der Waals surface area contributed by atoms with Crippen LogP contribution in [0.4, 0.5) is 5.69 Å². The molecule has 0 saturated heterocycles. The SMILES string of the molecule is COc1cc(/C(C)=N/NC(=O)C(=O)Nc2ccc(C)c(C)c2)ccc1OC(=O)c1ccc(Cl)cc1. The van der Waals surface area contributed by atoms with Gasteiger partial charge in [-0.2, -0.15) is 5.10 Å². The van der Waals surface area contributed by atoms with Gasteiger partial charge in [-0.25, -0.2) is 10.2 Å². The number of hydrogen-bond donors (Lipinski definition) is 2. The van der Waals surface area contributed by atoms with Gasteiger partial charge < -0.3 is 14.8 Å². The Morgan fingerprint density at radius 2 is 1.51 bits per heavy atom. The van der Waals surface area contributed by atoms with E-state index in [0.29, 0.717) is 27.5 Å². The molecule has 2 amide bonds. The van der Waals surface area contributed by atoms with Gasteiger partial charge in [0.25, 0.3) is 0 Å². The largest absolute Gasteiger partial charge is 0.493 e. The minimum atomic E-state index is -0.914. The zero-order valence-electron chi connectivity index (χ0n) is 19.6. The quantitative estimate of drug-likeness (QED) is 0.171. The van der Waals surface area contributed by atoms with Crippen LogP contribution in [-0.2, 0) is 9.59 Å². The number of aryl methyl sites for hydroxylation is 2. The summed E-state index contributed by atoms with van der Waals surface area (Å²) < 4.78 is 10.8. The minimum Gasteiger partial charge on any atom is -0.493 e. The minimum absolute atomic E-state index is 0.209. The number of benzene rings is 3. The monoisotopic (exact) mass is 493 g/mol. The summed E-state index contributed by atoms with van der Waals surface area (Å²) in [6.45, 7) is 5.52. The number of methoxy groups -OCH3 is 1. The fraction of sp³-hybridized carbons (Fsp3) is 0.154. The lowest BCUT2D eigenvalue weighted by Gasteiger charge is -2.11. The number of rotatable bonds is 6. The summed E-state index contributed by atoms with van der Waals surface area (Å²) in [5, 5.41) is 7.04. The third-order valence-corrected chi connectivity index (χ3v) is 5.41. The lowest BCUT2D eigenvalue weighted by Crippen LogP contribution is -2.33. The van der Waals surface area contributed by atoms with Crippen molar-refractivity contribution < 1.29 is 23.9 Å². The third kappa shape index (κ3) is 6.68. The first-order valence-electron chi connectivity index (χ1n) is 10.6. The highest BCUT2D eigenvalue weighted by atomic mass is 35.5. The number of halogens is 1. The first kappa shape index (κ1) is 25.5. The Kier molecular flexibility index (Phi) is 8.22. The lowest BCUT2D eigenvalue weighted by atomic mass is 10.1. The Bertz CT molecular complexity index is 1300. The number of carbonyl (C=O) groups is 3. The number of carbonyl (C=O) groups excluding carboxylic acids is 3. The fourth-order valence-electron chi connectivity index (χ4n) is 2.98. The summed E-state index contributed by atoms with van der Waals surface area (Å²) in [4.78, 5) is 36.7. The van der Waals surface area contributed by atoms with E-state index in [1.54, 1.807) is 61.5 Å². The van der Waals surface area contributed by atoms with E-state index in [-0.39, 0.29) is 11.5 Å². The maximum atomic E-state index is 12.4. The van der Waals surface area contributed by atoms with Crippen LogP contribution in [0, 0.1) is 13.8 Å². The van der Waals surface area contributed by atoms with E-state index in [1.807, 2.05) is 19.9 Å². The summed E-state index contributed by atoms with van der Waals surface area (Å²) >= 11 is 5.85. The molecule has 3 rings (SSSR count). The number of ether oxygens (including phenoxy) is 2. The van der Waals surface area contributed by atoms with Crippen molar-refractivity contribution in [2.75, 3.05) is 12.4 Å². The van der Waals surface area contributed by atoms with Crippen molar-refractivity contribution in [3.63, 3.8) is 0 Å². The molecule has 35 heavy (non-hydrogen) atoms. The lowest BCUT2D eigenvalue weighted by molar-refractivity contribution is -0.136. The number of nitrogens with one attached hydrogen (secondary N) is 2. The summed E-state index contributed by atoms with van der Waals surface area (Å²) in [5.74, 6) is -1.82. The van der Waals surface area contributed by atoms with Gasteiger partial charge in [0.15, 0.2) is 11.5 Å². The van der Waals surface area contributed by atoms with Crippen molar-refractivity contribution in [2.45, 2.75) is 20.8 Å². The Balaban J connectivity index is 1.66. The summed E-state index contributed by atoms with van der Waals surface area (Å²) in [6.07, 6.45) is 0. The van der Waals surface area contributed by atoms with Gasteiger partial charge in [0, 0.05) is 16.3 Å². The molecule has 0 fully saturated rings. The Labute approximate surface area is 207 Å². The van der Waals surface area contributed by atoms with E-state index < -0.39 is 17.8 Å². The van der Waals surface area contributed by atoms with E-state index in [4.69, 9.17) is 21.1 Å². The van der Waals surface area contributed by atoms with Gasteiger partial charge >= 0.3 is 17.8 Å². The number of anilines is 1.